The summed E-state index contributed by atoms with van der Waals surface area (Å²) < 4.78 is 0. The zero-order valence-electron chi connectivity index (χ0n) is 35.1. The van der Waals surface area contributed by atoms with Crippen LogP contribution < -0.4 is 4.90 Å². The molecule has 2 bridgehead atoms. The van der Waals surface area contributed by atoms with Gasteiger partial charge in [-0.1, -0.05) is 133 Å². The van der Waals surface area contributed by atoms with Crippen molar-refractivity contribution in [2.45, 2.75) is 102 Å². The van der Waals surface area contributed by atoms with E-state index < -0.39 is 0 Å². The van der Waals surface area contributed by atoms with Crippen molar-refractivity contribution in [1.29, 1.82) is 0 Å². The van der Waals surface area contributed by atoms with E-state index in [4.69, 9.17) is 0 Å². The Morgan fingerprint density at radius 3 is 1.90 bits per heavy atom. The molecule has 7 aliphatic carbocycles. The van der Waals surface area contributed by atoms with Crippen LogP contribution >= 0.6 is 0 Å². The number of anilines is 3. The molecule has 6 aromatic rings. The molecule has 1 nitrogen and oxygen atoms in total. The smallest absolute Gasteiger partial charge is 0.0508 e. The summed E-state index contributed by atoms with van der Waals surface area (Å²) >= 11 is 0. The number of rotatable bonds is 4. The van der Waals surface area contributed by atoms with Crippen molar-refractivity contribution >= 4 is 17.1 Å². The minimum absolute atomic E-state index is 0.119. The molecule has 4 saturated carbocycles. The fourth-order valence-electron chi connectivity index (χ4n) is 15.5. The third-order valence-electron chi connectivity index (χ3n) is 18.0. The predicted molar refractivity (Wildman–Crippen MR) is 240 cm³/mol. The van der Waals surface area contributed by atoms with Gasteiger partial charge in [0.25, 0.3) is 0 Å². The van der Waals surface area contributed by atoms with Crippen LogP contribution in [-0.2, 0) is 21.7 Å². The van der Waals surface area contributed by atoms with Crippen molar-refractivity contribution in [2.24, 2.45) is 29.1 Å². The van der Waals surface area contributed by atoms with Crippen LogP contribution in [0.4, 0.5) is 17.1 Å². The van der Waals surface area contributed by atoms with E-state index in [0.29, 0.717) is 5.41 Å². The van der Waals surface area contributed by atoms with Gasteiger partial charge >= 0.3 is 0 Å². The molecule has 288 valence electrons. The maximum absolute atomic E-state index is 2.64. The van der Waals surface area contributed by atoms with Gasteiger partial charge in [0, 0.05) is 22.2 Å². The van der Waals surface area contributed by atoms with Gasteiger partial charge in [0.15, 0.2) is 0 Å². The topological polar surface area (TPSA) is 3.24 Å². The highest BCUT2D eigenvalue weighted by molar-refractivity contribution is 5.91. The van der Waals surface area contributed by atoms with Crippen molar-refractivity contribution in [2.75, 3.05) is 4.90 Å². The molecule has 0 aromatic heterocycles. The van der Waals surface area contributed by atoms with Gasteiger partial charge in [-0.15, -0.1) is 0 Å². The number of benzene rings is 6. The fraction of sp³-hybridized carbons (Fsp3) is 0.368. The Morgan fingerprint density at radius 2 is 1.12 bits per heavy atom. The Bertz CT molecular complexity index is 2760. The van der Waals surface area contributed by atoms with Gasteiger partial charge in [-0.3, -0.25) is 0 Å². The van der Waals surface area contributed by atoms with Gasteiger partial charge < -0.3 is 4.90 Å². The maximum atomic E-state index is 2.64. The lowest BCUT2D eigenvalue weighted by Crippen LogP contribution is -2.73. The van der Waals surface area contributed by atoms with Crippen LogP contribution in [0.1, 0.15) is 113 Å². The van der Waals surface area contributed by atoms with Crippen molar-refractivity contribution in [3.05, 3.63) is 161 Å². The molecule has 6 atom stereocenters. The van der Waals surface area contributed by atoms with Crippen molar-refractivity contribution in [1.82, 2.24) is 0 Å². The number of nitrogens with zero attached hydrogens (tertiary/aromatic N) is 1. The van der Waals surface area contributed by atoms with Crippen LogP contribution in [0.3, 0.4) is 0 Å². The predicted octanol–water partition coefficient (Wildman–Crippen LogP) is 14.8. The first kappa shape index (κ1) is 34.0. The van der Waals surface area contributed by atoms with E-state index >= 15 is 0 Å². The molecule has 0 amide bonds. The molecule has 6 aromatic carbocycles. The van der Waals surface area contributed by atoms with Gasteiger partial charge in [-0.25, -0.2) is 0 Å². The highest BCUT2D eigenvalue weighted by Crippen LogP contribution is 2.89. The summed E-state index contributed by atoms with van der Waals surface area (Å²) in [6.07, 6.45) is 8.33. The van der Waals surface area contributed by atoms with Gasteiger partial charge in [-0.2, -0.15) is 0 Å². The number of fused-ring (bicyclic) bond motifs is 12. The van der Waals surface area contributed by atoms with E-state index in [9.17, 15) is 0 Å². The molecule has 4 fully saturated rings. The second-order valence-corrected chi connectivity index (χ2v) is 21.6. The molecule has 0 saturated heterocycles. The Morgan fingerprint density at radius 1 is 0.483 bits per heavy atom. The molecule has 13 rings (SSSR count). The Labute approximate surface area is 345 Å². The number of hydrogen-bond donors (Lipinski definition) is 0. The first-order chi connectivity index (χ1) is 27.9. The first-order valence-corrected chi connectivity index (χ1v) is 22.5. The summed E-state index contributed by atoms with van der Waals surface area (Å²) in [5, 5.41) is 0. The average Bonchev–Trinajstić information content (AvgIpc) is 3.92. The molecular weight excluding hydrogens is 699 g/mol. The summed E-state index contributed by atoms with van der Waals surface area (Å²) in [6, 6.07) is 50.2. The Hall–Kier alpha value is -4.88. The molecule has 0 aliphatic heterocycles. The van der Waals surface area contributed by atoms with E-state index in [-0.39, 0.29) is 21.7 Å². The first-order valence-electron chi connectivity index (χ1n) is 22.5. The molecule has 2 spiro atoms. The van der Waals surface area contributed by atoms with Gasteiger partial charge in [0.2, 0.25) is 0 Å². The quantitative estimate of drug-likeness (QED) is 0.173. The third-order valence-corrected chi connectivity index (χ3v) is 18.0. The molecular formula is C57H55N. The van der Waals surface area contributed by atoms with E-state index in [2.05, 4.69) is 174 Å². The second kappa shape index (κ2) is 10.8. The summed E-state index contributed by atoms with van der Waals surface area (Å²) in [4.78, 5) is 2.58. The van der Waals surface area contributed by atoms with Crippen LogP contribution in [0, 0.1) is 29.1 Å². The lowest BCUT2D eigenvalue weighted by molar-refractivity contribution is -0.231. The zero-order chi connectivity index (χ0) is 39.1. The lowest BCUT2D eigenvalue weighted by atomic mass is 9.27. The molecule has 1 heteroatoms. The van der Waals surface area contributed by atoms with E-state index in [1.165, 1.54) is 111 Å². The van der Waals surface area contributed by atoms with Crippen LogP contribution in [0.5, 0.6) is 0 Å². The van der Waals surface area contributed by atoms with E-state index in [0.717, 1.165) is 23.7 Å². The normalized spacial score (nSPS) is 29.7. The van der Waals surface area contributed by atoms with Crippen molar-refractivity contribution < 1.29 is 0 Å². The Kier molecular flexibility index (Phi) is 6.36. The molecule has 0 radical (unpaired) electrons. The third kappa shape index (κ3) is 3.91. The van der Waals surface area contributed by atoms with Crippen LogP contribution in [0.2, 0.25) is 0 Å². The highest BCUT2D eigenvalue weighted by Gasteiger charge is 2.84. The zero-order valence-corrected chi connectivity index (χ0v) is 35.1. The van der Waals surface area contributed by atoms with Crippen LogP contribution in [0.15, 0.2) is 127 Å². The summed E-state index contributed by atoms with van der Waals surface area (Å²) in [5.41, 5.74) is 22.3. The SMILES string of the molecule is CC1(C)CCC(C)(C)c2cc(N(c3ccc(-c4ccc5c(c4)C4(c6ccccc6-5)C5CC6CC7CC4C75C6)cc3)c3cccc4c3C(C)(C)c3ccccc3-4)ccc21. The van der Waals surface area contributed by atoms with Crippen LogP contribution in [-0.4, -0.2) is 0 Å². The van der Waals surface area contributed by atoms with Gasteiger partial charge in [-0.05, 0) is 182 Å². The lowest BCUT2D eigenvalue weighted by Gasteiger charge is -2.76. The standard InChI is InChI=1S/C57H55N/c1-53(2)26-27-54(3,4)48-32-39(23-25-46(48)53)58(49-17-11-14-43-41-13-7-9-15-44(41)55(5,6)52(43)49)38-21-18-35(19-22-38)36-20-24-42-40-12-8-10-16-45(40)57(47(42)30-36)50-29-34-28-37-31-51(57)56(37,50)33-34/h7-25,30,32,34,37,50-51H,26-29,31,33H2,1-6H3. The molecule has 6 unspecified atom stereocenters. The monoisotopic (exact) mass is 753 g/mol. The molecule has 0 heterocycles. The second-order valence-electron chi connectivity index (χ2n) is 21.6. The van der Waals surface area contributed by atoms with Gasteiger partial charge in [0.1, 0.15) is 0 Å². The van der Waals surface area contributed by atoms with Crippen molar-refractivity contribution in [3.63, 3.8) is 0 Å². The minimum atomic E-state index is -0.131. The fourth-order valence-corrected chi connectivity index (χ4v) is 15.5. The molecule has 7 aliphatic rings. The van der Waals surface area contributed by atoms with Crippen molar-refractivity contribution in [3.8, 4) is 33.4 Å². The van der Waals surface area contributed by atoms with E-state index in [1.54, 1.807) is 11.1 Å². The molecule has 58 heavy (non-hydrogen) atoms. The van der Waals surface area contributed by atoms with Crippen LogP contribution in [0.25, 0.3) is 33.4 Å². The summed E-state index contributed by atoms with van der Waals surface area (Å²) in [7, 11) is 0. The average molecular weight is 754 g/mol. The largest absolute Gasteiger partial charge is 0.310 e. The highest BCUT2D eigenvalue weighted by atomic mass is 15.1. The van der Waals surface area contributed by atoms with Gasteiger partial charge in [0.05, 0.1) is 5.69 Å². The summed E-state index contributed by atoms with van der Waals surface area (Å²) in [6.45, 7) is 14.6. The summed E-state index contributed by atoms with van der Waals surface area (Å²) in [5.74, 6) is 3.62. The number of hydrogen-bond acceptors (Lipinski definition) is 1. The maximum Gasteiger partial charge on any atom is 0.0508 e. The minimum Gasteiger partial charge on any atom is -0.310 e. The Balaban J connectivity index is 0.950. The molecule has 0 N–H and O–H groups in total. The van der Waals surface area contributed by atoms with E-state index in [1.807, 2.05) is 0 Å².